The number of carbonyl (C=O) groups excluding carboxylic acids is 2. The Morgan fingerprint density at radius 1 is 0.960 bits per heavy atom. The van der Waals surface area contributed by atoms with Gasteiger partial charge in [-0.25, -0.2) is 0 Å². The zero-order chi connectivity index (χ0) is 18.0. The average molecular weight is 347 g/mol. The maximum atomic E-state index is 12.6. The highest BCUT2D eigenvalue weighted by Gasteiger charge is 2.36. The third-order valence-electron chi connectivity index (χ3n) is 5.06. The summed E-state index contributed by atoms with van der Waals surface area (Å²) in [5.41, 5.74) is 0.609. The lowest BCUT2D eigenvalue weighted by atomic mass is 10.0. The van der Waals surface area contributed by atoms with E-state index in [9.17, 15) is 9.59 Å². The lowest BCUT2D eigenvalue weighted by molar-refractivity contribution is -0.131. The molecule has 7 nitrogen and oxygen atoms in total. The van der Waals surface area contributed by atoms with Gasteiger partial charge in [-0.05, 0) is 18.2 Å². The van der Waals surface area contributed by atoms with Crippen LogP contribution in [0.1, 0.15) is 17.3 Å². The molecule has 0 bridgehead atoms. The average Bonchev–Trinajstić information content (AvgIpc) is 2.60. The molecule has 2 fully saturated rings. The first-order valence-electron chi connectivity index (χ1n) is 8.54. The number of ether oxygens (including phenoxy) is 2. The summed E-state index contributed by atoms with van der Waals surface area (Å²) < 4.78 is 10.5. The molecule has 2 saturated heterocycles. The van der Waals surface area contributed by atoms with E-state index in [1.54, 1.807) is 39.3 Å². The molecule has 2 heterocycles. The van der Waals surface area contributed by atoms with Crippen LogP contribution in [0.3, 0.4) is 0 Å². The Balaban J connectivity index is 1.54. The second kappa shape index (κ2) is 7.31. The van der Waals surface area contributed by atoms with Gasteiger partial charge in [0.25, 0.3) is 5.91 Å². The van der Waals surface area contributed by atoms with Crippen LogP contribution in [-0.4, -0.2) is 86.0 Å². The first kappa shape index (κ1) is 17.5. The minimum Gasteiger partial charge on any atom is -0.493 e. The summed E-state index contributed by atoms with van der Waals surface area (Å²) in [7, 11) is 3.14. The van der Waals surface area contributed by atoms with Crippen LogP contribution in [0.2, 0.25) is 0 Å². The van der Waals surface area contributed by atoms with Crippen LogP contribution in [0.5, 0.6) is 11.5 Å². The van der Waals surface area contributed by atoms with Crippen LogP contribution in [-0.2, 0) is 4.79 Å². The molecule has 1 aromatic carbocycles. The lowest BCUT2D eigenvalue weighted by Crippen LogP contribution is -2.64. The lowest BCUT2D eigenvalue weighted by Gasteiger charge is -2.48. The largest absolute Gasteiger partial charge is 0.493 e. The first-order valence-corrected chi connectivity index (χ1v) is 8.54. The predicted molar refractivity (Wildman–Crippen MR) is 93.1 cm³/mol. The summed E-state index contributed by atoms with van der Waals surface area (Å²) in [6.07, 6.45) is 0. The molecule has 1 aromatic rings. The van der Waals surface area contributed by atoms with E-state index in [0.717, 1.165) is 39.3 Å². The Bertz CT molecular complexity index is 650. The van der Waals surface area contributed by atoms with Gasteiger partial charge >= 0.3 is 0 Å². The molecule has 0 spiro atoms. The Morgan fingerprint density at radius 3 is 2.16 bits per heavy atom. The number of benzene rings is 1. The fourth-order valence-electron chi connectivity index (χ4n) is 3.41. The first-order chi connectivity index (χ1) is 12.0. The van der Waals surface area contributed by atoms with Crippen LogP contribution in [0.4, 0.5) is 0 Å². The number of nitrogens with zero attached hydrogens (tertiary/aromatic N) is 3. The summed E-state index contributed by atoms with van der Waals surface area (Å²) in [4.78, 5) is 30.1. The van der Waals surface area contributed by atoms with Crippen molar-refractivity contribution in [3.8, 4) is 11.5 Å². The van der Waals surface area contributed by atoms with Crippen molar-refractivity contribution in [2.75, 3.05) is 53.5 Å². The topological polar surface area (TPSA) is 62.3 Å². The third kappa shape index (κ3) is 3.56. The van der Waals surface area contributed by atoms with E-state index in [1.165, 1.54) is 0 Å². The quantitative estimate of drug-likeness (QED) is 0.802. The SMILES string of the molecule is COc1ccc(C(=O)N2CC(N3CCN(C(C)=O)CC3)C2)cc1OC. The fourth-order valence-corrected chi connectivity index (χ4v) is 3.41. The summed E-state index contributed by atoms with van der Waals surface area (Å²) in [6.45, 7) is 6.37. The number of carbonyl (C=O) groups is 2. The minimum absolute atomic E-state index is 0.0135. The molecule has 0 radical (unpaired) electrons. The van der Waals surface area contributed by atoms with E-state index in [0.29, 0.717) is 23.1 Å². The Morgan fingerprint density at radius 2 is 1.60 bits per heavy atom. The number of hydrogen-bond acceptors (Lipinski definition) is 5. The van der Waals surface area contributed by atoms with Gasteiger partial charge in [0.05, 0.1) is 14.2 Å². The van der Waals surface area contributed by atoms with E-state index in [-0.39, 0.29) is 11.8 Å². The van der Waals surface area contributed by atoms with Gasteiger partial charge in [0.15, 0.2) is 11.5 Å². The standard InChI is InChI=1S/C18H25N3O4/c1-13(22)19-6-8-20(9-7-19)15-11-21(12-15)18(23)14-4-5-16(24-2)17(10-14)25-3/h4-5,10,15H,6-9,11-12H2,1-3H3. The van der Waals surface area contributed by atoms with E-state index in [4.69, 9.17) is 9.47 Å². The molecule has 136 valence electrons. The van der Waals surface area contributed by atoms with Crippen molar-refractivity contribution in [3.63, 3.8) is 0 Å². The second-order valence-electron chi connectivity index (χ2n) is 6.48. The van der Waals surface area contributed by atoms with Crippen LogP contribution < -0.4 is 9.47 Å². The normalized spacial score (nSPS) is 18.7. The number of piperazine rings is 1. The molecule has 0 aromatic heterocycles. The molecule has 25 heavy (non-hydrogen) atoms. The highest BCUT2D eigenvalue weighted by molar-refractivity contribution is 5.95. The fraction of sp³-hybridized carbons (Fsp3) is 0.556. The van der Waals surface area contributed by atoms with Gasteiger partial charge in [-0.15, -0.1) is 0 Å². The molecule has 2 amide bonds. The van der Waals surface area contributed by atoms with Crippen molar-refractivity contribution in [2.45, 2.75) is 13.0 Å². The van der Waals surface area contributed by atoms with Crippen LogP contribution in [0, 0.1) is 0 Å². The summed E-state index contributed by atoms with van der Waals surface area (Å²) >= 11 is 0. The van der Waals surface area contributed by atoms with Gasteiger partial charge in [0, 0.05) is 57.8 Å². The zero-order valence-corrected chi connectivity index (χ0v) is 15.0. The minimum atomic E-state index is 0.0135. The molecule has 0 saturated carbocycles. The summed E-state index contributed by atoms with van der Waals surface area (Å²) in [6, 6.07) is 5.63. The van der Waals surface area contributed by atoms with Crippen molar-refractivity contribution in [1.82, 2.24) is 14.7 Å². The molecule has 3 rings (SSSR count). The van der Waals surface area contributed by atoms with Gasteiger partial charge in [-0.2, -0.15) is 0 Å². The highest BCUT2D eigenvalue weighted by atomic mass is 16.5. The highest BCUT2D eigenvalue weighted by Crippen LogP contribution is 2.29. The van der Waals surface area contributed by atoms with E-state index in [2.05, 4.69) is 4.90 Å². The van der Waals surface area contributed by atoms with Crippen molar-refractivity contribution in [3.05, 3.63) is 23.8 Å². The number of methoxy groups -OCH3 is 2. The maximum Gasteiger partial charge on any atom is 0.254 e. The van der Waals surface area contributed by atoms with E-state index in [1.807, 2.05) is 9.80 Å². The molecular formula is C18H25N3O4. The van der Waals surface area contributed by atoms with E-state index < -0.39 is 0 Å². The van der Waals surface area contributed by atoms with Gasteiger partial charge in [0.1, 0.15) is 0 Å². The van der Waals surface area contributed by atoms with Crippen LogP contribution >= 0.6 is 0 Å². The molecule has 0 aliphatic carbocycles. The molecule has 0 unspecified atom stereocenters. The van der Waals surface area contributed by atoms with E-state index >= 15 is 0 Å². The van der Waals surface area contributed by atoms with Gasteiger partial charge in [0.2, 0.25) is 5.91 Å². The summed E-state index contributed by atoms with van der Waals surface area (Å²) in [5.74, 6) is 1.33. The van der Waals surface area contributed by atoms with Crippen molar-refractivity contribution in [1.29, 1.82) is 0 Å². The Hall–Kier alpha value is -2.28. The number of likely N-dealkylation sites (tertiary alicyclic amines) is 1. The molecule has 2 aliphatic heterocycles. The van der Waals surface area contributed by atoms with Crippen molar-refractivity contribution >= 4 is 11.8 Å². The molecule has 7 heteroatoms. The van der Waals surface area contributed by atoms with Crippen molar-refractivity contribution < 1.29 is 19.1 Å². The zero-order valence-electron chi connectivity index (χ0n) is 15.0. The number of amides is 2. The van der Waals surface area contributed by atoms with Crippen LogP contribution in [0.15, 0.2) is 18.2 Å². The van der Waals surface area contributed by atoms with Gasteiger partial charge in [-0.3, -0.25) is 14.5 Å². The summed E-state index contributed by atoms with van der Waals surface area (Å²) in [5, 5.41) is 0. The molecule has 0 N–H and O–H groups in total. The Labute approximate surface area is 148 Å². The Kier molecular flexibility index (Phi) is 5.13. The number of hydrogen-bond donors (Lipinski definition) is 0. The third-order valence-corrected chi connectivity index (χ3v) is 5.06. The van der Waals surface area contributed by atoms with Gasteiger partial charge < -0.3 is 19.3 Å². The predicted octanol–water partition coefficient (Wildman–Crippen LogP) is 0.692. The molecule has 2 aliphatic rings. The van der Waals surface area contributed by atoms with Crippen LogP contribution in [0.25, 0.3) is 0 Å². The molecular weight excluding hydrogens is 322 g/mol. The van der Waals surface area contributed by atoms with Gasteiger partial charge in [-0.1, -0.05) is 0 Å². The number of rotatable bonds is 4. The monoisotopic (exact) mass is 347 g/mol. The van der Waals surface area contributed by atoms with Crippen molar-refractivity contribution in [2.24, 2.45) is 0 Å². The smallest absolute Gasteiger partial charge is 0.254 e. The molecule has 0 atom stereocenters. The maximum absolute atomic E-state index is 12.6. The second-order valence-corrected chi connectivity index (χ2v) is 6.48.